The van der Waals surface area contributed by atoms with Gasteiger partial charge in [0.25, 0.3) is 0 Å². The standard InChI is InChI=1S/C15H18N4O/c1-2-3-4-11-5-7-12(8-6-11)20-15-18-10-9-13(19-15)14(16)17/h5-10H,2-4H2,1H3,(H3,16,17). The van der Waals surface area contributed by atoms with Gasteiger partial charge >= 0.3 is 6.01 Å². The second kappa shape index (κ2) is 6.65. The van der Waals surface area contributed by atoms with E-state index in [2.05, 4.69) is 16.9 Å². The molecule has 0 fully saturated rings. The number of nitrogens with one attached hydrogen (secondary N) is 1. The lowest BCUT2D eigenvalue weighted by Gasteiger charge is -2.06. The maximum absolute atomic E-state index is 7.34. The summed E-state index contributed by atoms with van der Waals surface area (Å²) in [6.07, 6.45) is 4.97. The molecule has 0 amide bonds. The van der Waals surface area contributed by atoms with Crippen LogP contribution in [-0.4, -0.2) is 15.8 Å². The third-order valence-electron chi connectivity index (χ3n) is 2.86. The van der Waals surface area contributed by atoms with Crippen molar-refractivity contribution in [3.63, 3.8) is 0 Å². The fraction of sp³-hybridized carbons (Fsp3) is 0.267. The molecule has 0 spiro atoms. The van der Waals surface area contributed by atoms with Crippen LogP contribution >= 0.6 is 0 Å². The summed E-state index contributed by atoms with van der Waals surface area (Å²) in [4.78, 5) is 8.06. The summed E-state index contributed by atoms with van der Waals surface area (Å²) >= 11 is 0. The summed E-state index contributed by atoms with van der Waals surface area (Å²) in [6.45, 7) is 2.18. The third kappa shape index (κ3) is 3.78. The van der Waals surface area contributed by atoms with Crippen LogP contribution in [0, 0.1) is 5.41 Å². The Hall–Kier alpha value is -2.43. The molecule has 0 atom stereocenters. The van der Waals surface area contributed by atoms with E-state index >= 15 is 0 Å². The number of hydrogen-bond acceptors (Lipinski definition) is 4. The van der Waals surface area contributed by atoms with Gasteiger partial charge in [0.15, 0.2) is 0 Å². The number of ether oxygens (including phenoxy) is 1. The molecule has 0 aliphatic carbocycles. The monoisotopic (exact) mass is 270 g/mol. The van der Waals surface area contributed by atoms with Gasteiger partial charge < -0.3 is 10.5 Å². The van der Waals surface area contributed by atoms with E-state index in [1.807, 2.05) is 24.3 Å². The molecule has 1 aromatic carbocycles. The second-order valence-electron chi connectivity index (χ2n) is 4.49. The lowest BCUT2D eigenvalue weighted by atomic mass is 10.1. The van der Waals surface area contributed by atoms with Crippen LogP contribution in [0.1, 0.15) is 31.0 Å². The Bertz CT molecular complexity index is 581. The highest BCUT2D eigenvalue weighted by Gasteiger charge is 2.04. The summed E-state index contributed by atoms with van der Waals surface area (Å²) in [7, 11) is 0. The molecule has 0 aliphatic heterocycles. The summed E-state index contributed by atoms with van der Waals surface area (Å²) in [5.41, 5.74) is 7.03. The van der Waals surface area contributed by atoms with Crippen molar-refractivity contribution in [1.82, 2.24) is 9.97 Å². The van der Waals surface area contributed by atoms with Crippen molar-refractivity contribution in [3.8, 4) is 11.8 Å². The highest BCUT2D eigenvalue weighted by molar-refractivity contribution is 5.92. The van der Waals surface area contributed by atoms with Gasteiger partial charge in [-0.15, -0.1) is 0 Å². The fourth-order valence-electron chi connectivity index (χ4n) is 1.75. The molecule has 3 N–H and O–H groups in total. The lowest BCUT2D eigenvalue weighted by molar-refractivity contribution is 0.441. The van der Waals surface area contributed by atoms with Gasteiger partial charge in [-0.3, -0.25) is 5.41 Å². The SMILES string of the molecule is CCCCc1ccc(Oc2nccc(C(=N)N)n2)cc1. The maximum Gasteiger partial charge on any atom is 0.322 e. The largest absolute Gasteiger partial charge is 0.424 e. The van der Waals surface area contributed by atoms with Gasteiger partial charge in [-0.25, -0.2) is 4.98 Å². The van der Waals surface area contributed by atoms with Crippen molar-refractivity contribution >= 4 is 5.84 Å². The molecule has 0 unspecified atom stereocenters. The van der Waals surface area contributed by atoms with Crippen molar-refractivity contribution in [2.75, 3.05) is 0 Å². The Morgan fingerprint density at radius 1 is 1.25 bits per heavy atom. The molecule has 0 saturated heterocycles. The normalized spacial score (nSPS) is 10.2. The first kappa shape index (κ1) is 14.0. The Morgan fingerprint density at radius 3 is 2.65 bits per heavy atom. The van der Waals surface area contributed by atoms with E-state index in [0.717, 1.165) is 6.42 Å². The fourth-order valence-corrected chi connectivity index (χ4v) is 1.75. The van der Waals surface area contributed by atoms with Crippen LogP contribution in [0.15, 0.2) is 36.5 Å². The van der Waals surface area contributed by atoms with E-state index in [1.165, 1.54) is 24.6 Å². The van der Waals surface area contributed by atoms with Crippen molar-refractivity contribution in [2.45, 2.75) is 26.2 Å². The minimum absolute atomic E-state index is 0.104. The highest BCUT2D eigenvalue weighted by Crippen LogP contribution is 2.19. The van der Waals surface area contributed by atoms with E-state index in [0.29, 0.717) is 11.4 Å². The van der Waals surface area contributed by atoms with Gasteiger partial charge in [0.05, 0.1) is 0 Å². The average molecular weight is 270 g/mol. The topological polar surface area (TPSA) is 84.9 Å². The number of nitrogens with zero attached hydrogens (tertiary/aromatic N) is 2. The Morgan fingerprint density at radius 2 is 2.00 bits per heavy atom. The number of rotatable bonds is 6. The summed E-state index contributed by atoms with van der Waals surface area (Å²) in [5, 5.41) is 7.34. The van der Waals surface area contributed by atoms with E-state index in [-0.39, 0.29) is 11.8 Å². The average Bonchev–Trinajstić information content (AvgIpc) is 2.47. The van der Waals surface area contributed by atoms with Crippen molar-refractivity contribution in [3.05, 3.63) is 47.8 Å². The van der Waals surface area contributed by atoms with E-state index in [9.17, 15) is 0 Å². The van der Waals surface area contributed by atoms with E-state index in [4.69, 9.17) is 15.9 Å². The molecule has 2 rings (SSSR count). The number of aryl methyl sites for hydroxylation is 1. The quantitative estimate of drug-likeness (QED) is 0.624. The van der Waals surface area contributed by atoms with Gasteiger partial charge in [-0.2, -0.15) is 4.98 Å². The zero-order valence-electron chi connectivity index (χ0n) is 11.5. The van der Waals surface area contributed by atoms with Crippen LogP contribution in [0.4, 0.5) is 0 Å². The zero-order valence-corrected chi connectivity index (χ0v) is 11.5. The summed E-state index contributed by atoms with van der Waals surface area (Å²) < 4.78 is 5.55. The van der Waals surface area contributed by atoms with Gasteiger partial charge in [-0.1, -0.05) is 25.5 Å². The van der Waals surface area contributed by atoms with Crippen LogP contribution in [0.5, 0.6) is 11.8 Å². The number of amidine groups is 1. The van der Waals surface area contributed by atoms with Gasteiger partial charge in [-0.05, 0) is 36.6 Å². The van der Waals surface area contributed by atoms with E-state index in [1.54, 1.807) is 6.07 Å². The molecule has 0 radical (unpaired) electrons. The first-order valence-corrected chi connectivity index (χ1v) is 6.63. The van der Waals surface area contributed by atoms with Gasteiger partial charge in [0, 0.05) is 6.20 Å². The lowest BCUT2D eigenvalue weighted by Crippen LogP contribution is -2.13. The van der Waals surface area contributed by atoms with Crippen LogP contribution < -0.4 is 10.5 Å². The Kier molecular flexibility index (Phi) is 4.65. The first-order chi connectivity index (χ1) is 9.69. The molecule has 20 heavy (non-hydrogen) atoms. The molecule has 104 valence electrons. The number of hydrogen-bond donors (Lipinski definition) is 2. The minimum atomic E-state index is -0.104. The number of benzene rings is 1. The number of nitrogens with two attached hydrogens (primary N) is 1. The van der Waals surface area contributed by atoms with E-state index < -0.39 is 0 Å². The van der Waals surface area contributed by atoms with Gasteiger partial charge in [0.2, 0.25) is 0 Å². The number of aromatic nitrogens is 2. The Labute approximate surface area is 118 Å². The van der Waals surface area contributed by atoms with Crippen molar-refractivity contribution in [2.24, 2.45) is 5.73 Å². The van der Waals surface area contributed by atoms with Crippen LogP contribution in [0.2, 0.25) is 0 Å². The Balaban J connectivity index is 2.06. The third-order valence-corrected chi connectivity index (χ3v) is 2.86. The second-order valence-corrected chi connectivity index (χ2v) is 4.49. The molecule has 1 heterocycles. The summed E-state index contributed by atoms with van der Waals surface area (Å²) in [6, 6.07) is 9.64. The van der Waals surface area contributed by atoms with Crippen molar-refractivity contribution in [1.29, 1.82) is 5.41 Å². The molecule has 0 aliphatic rings. The molecule has 0 saturated carbocycles. The molecule has 0 bridgehead atoms. The molecule has 5 nitrogen and oxygen atoms in total. The number of nitrogen functional groups attached to an aromatic ring is 1. The highest BCUT2D eigenvalue weighted by atomic mass is 16.5. The first-order valence-electron chi connectivity index (χ1n) is 6.63. The molecular formula is C15H18N4O. The minimum Gasteiger partial charge on any atom is -0.424 e. The molecular weight excluding hydrogens is 252 g/mol. The molecule has 5 heteroatoms. The number of unbranched alkanes of at least 4 members (excludes halogenated alkanes) is 1. The smallest absolute Gasteiger partial charge is 0.322 e. The molecule has 2 aromatic rings. The predicted octanol–water partition coefficient (Wildman–Crippen LogP) is 2.90. The van der Waals surface area contributed by atoms with Crippen molar-refractivity contribution < 1.29 is 4.74 Å². The zero-order chi connectivity index (χ0) is 14.4. The van der Waals surface area contributed by atoms with Gasteiger partial charge in [0.1, 0.15) is 17.3 Å². The van der Waals surface area contributed by atoms with Crippen LogP contribution in [-0.2, 0) is 6.42 Å². The predicted molar refractivity (Wildman–Crippen MR) is 78.2 cm³/mol. The molecule has 1 aromatic heterocycles. The maximum atomic E-state index is 7.34. The van der Waals surface area contributed by atoms with Crippen LogP contribution in [0.3, 0.4) is 0 Å². The summed E-state index contributed by atoms with van der Waals surface area (Å²) in [5.74, 6) is 0.568. The van der Waals surface area contributed by atoms with Crippen LogP contribution in [0.25, 0.3) is 0 Å².